The number of thiazole rings is 1. The Labute approximate surface area is 203 Å². The highest BCUT2D eigenvalue weighted by atomic mass is 32.1. The number of aryl methyl sites for hydroxylation is 1. The molecule has 0 bridgehead atoms. The minimum Gasteiger partial charge on any atom is -0.491 e. The van der Waals surface area contributed by atoms with E-state index in [9.17, 15) is 18.0 Å². The summed E-state index contributed by atoms with van der Waals surface area (Å²) in [7, 11) is 0. The van der Waals surface area contributed by atoms with Gasteiger partial charge in [0, 0.05) is 53.2 Å². The predicted octanol–water partition coefficient (Wildman–Crippen LogP) is 3.79. The van der Waals surface area contributed by atoms with Crippen LogP contribution in [0.5, 0.6) is 5.75 Å². The van der Waals surface area contributed by atoms with E-state index in [2.05, 4.69) is 25.6 Å². The molecule has 2 atom stereocenters. The van der Waals surface area contributed by atoms with Crippen molar-refractivity contribution in [3.63, 3.8) is 0 Å². The van der Waals surface area contributed by atoms with Crippen LogP contribution in [-0.4, -0.2) is 53.3 Å². The van der Waals surface area contributed by atoms with Gasteiger partial charge < -0.3 is 20.1 Å². The second-order valence-electron chi connectivity index (χ2n) is 8.06. The molecule has 3 heterocycles. The Morgan fingerprint density at radius 2 is 2.03 bits per heavy atom. The van der Waals surface area contributed by atoms with E-state index in [1.54, 1.807) is 25.3 Å². The number of amides is 1. The third-order valence-corrected chi connectivity index (χ3v) is 6.21. The molecule has 4 rings (SSSR count). The summed E-state index contributed by atoms with van der Waals surface area (Å²) < 4.78 is 49.8. The molecule has 8 nitrogen and oxygen atoms in total. The van der Waals surface area contributed by atoms with Gasteiger partial charge in [0.2, 0.25) is 5.82 Å². The van der Waals surface area contributed by atoms with E-state index in [1.807, 2.05) is 13.0 Å². The van der Waals surface area contributed by atoms with Crippen LogP contribution in [-0.2, 0) is 10.9 Å². The Morgan fingerprint density at radius 1 is 1.26 bits per heavy atom. The highest BCUT2D eigenvalue weighted by Gasteiger charge is 2.34. The Hall–Kier alpha value is -3.09. The maximum Gasteiger partial charge on any atom is 0.451 e. The molecule has 0 radical (unpaired) electrons. The normalized spacial score (nSPS) is 17.1. The summed E-state index contributed by atoms with van der Waals surface area (Å²) in [5.41, 5.74) is 1.39. The first-order valence-corrected chi connectivity index (χ1v) is 11.7. The standard InChI is InChI=1S/C23H24F3N5O3S/c1-13-8-28-21(35-13)16-5-15(6-18(7-16)34-12-19-11-27-3-4-33-19)20(32)31-14(2)17-9-29-22(30-10-17)23(24,25)26/h5-10,14,19,27H,3-4,11-12H2,1-2H3,(H,31,32)/t14?,19-/m0/s1. The van der Waals surface area contributed by atoms with Crippen molar-refractivity contribution in [2.75, 3.05) is 26.3 Å². The quantitative estimate of drug-likeness (QED) is 0.502. The lowest BCUT2D eigenvalue weighted by Gasteiger charge is -2.23. The lowest BCUT2D eigenvalue weighted by atomic mass is 10.1. The third kappa shape index (κ3) is 6.53. The molecule has 1 aliphatic heterocycles. The largest absolute Gasteiger partial charge is 0.491 e. The van der Waals surface area contributed by atoms with Crippen LogP contribution in [0.4, 0.5) is 13.2 Å². The fraction of sp³-hybridized carbons (Fsp3) is 0.391. The number of morpholine rings is 1. The van der Waals surface area contributed by atoms with Crippen molar-refractivity contribution in [3.8, 4) is 16.3 Å². The number of ether oxygens (including phenoxy) is 2. The molecule has 1 unspecified atom stereocenters. The molecule has 186 valence electrons. The Morgan fingerprint density at radius 3 is 2.66 bits per heavy atom. The summed E-state index contributed by atoms with van der Waals surface area (Å²) in [5, 5.41) is 6.76. The van der Waals surface area contributed by atoms with Crippen LogP contribution in [0.25, 0.3) is 10.6 Å². The van der Waals surface area contributed by atoms with Crippen LogP contribution in [0, 0.1) is 6.92 Å². The molecule has 1 aliphatic rings. The van der Waals surface area contributed by atoms with Gasteiger partial charge in [0.25, 0.3) is 5.91 Å². The predicted molar refractivity (Wildman–Crippen MR) is 123 cm³/mol. The number of benzene rings is 1. The summed E-state index contributed by atoms with van der Waals surface area (Å²) in [5.74, 6) is -1.17. The van der Waals surface area contributed by atoms with Crippen molar-refractivity contribution in [1.82, 2.24) is 25.6 Å². The molecule has 1 aromatic carbocycles. The number of rotatable bonds is 7. The molecule has 1 saturated heterocycles. The summed E-state index contributed by atoms with van der Waals surface area (Å²) in [6.45, 7) is 5.96. The van der Waals surface area contributed by atoms with Crippen LogP contribution in [0.1, 0.15) is 39.6 Å². The second-order valence-corrected chi connectivity index (χ2v) is 9.30. The molecular formula is C23H24F3N5O3S. The minimum absolute atomic E-state index is 0.105. The van der Waals surface area contributed by atoms with Crippen molar-refractivity contribution < 1.29 is 27.4 Å². The van der Waals surface area contributed by atoms with E-state index in [0.29, 0.717) is 36.6 Å². The van der Waals surface area contributed by atoms with Gasteiger partial charge in [-0.15, -0.1) is 11.3 Å². The van der Waals surface area contributed by atoms with Crippen molar-refractivity contribution in [3.05, 3.63) is 58.6 Å². The number of carbonyl (C=O) groups excluding carboxylic acids is 1. The lowest BCUT2D eigenvalue weighted by Crippen LogP contribution is -2.41. The van der Waals surface area contributed by atoms with Gasteiger partial charge in [-0.1, -0.05) is 0 Å². The zero-order chi connectivity index (χ0) is 25.0. The first kappa shape index (κ1) is 25.0. The summed E-state index contributed by atoms with van der Waals surface area (Å²) in [6, 6.07) is 4.51. The molecule has 35 heavy (non-hydrogen) atoms. The van der Waals surface area contributed by atoms with Gasteiger partial charge in [-0.05, 0) is 32.0 Å². The van der Waals surface area contributed by atoms with E-state index in [-0.39, 0.29) is 6.10 Å². The Kier molecular flexibility index (Phi) is 7.63. The molecule has 12 heteroatoms. The average molecular weight is 508 g/mol. The maximum absolute atomic E-state index is 13.1. The van der Waals surface area contributed by atoms with Crippen molar-refractivity contribution in [1.29, 1.82) is 0 Å². The van der Waals surface area contributed by atoms with Gasteiger partial charge in [0.15, 0.2) is 0 Å². The van der Waals surface area contributed by atoms with E-state index >= 15 is 0 Å². The first-order chi connectivity index (χ1) is 16.7. The van der Waals surface area contributed by atoms with Crippen LogP contribution >= 0.6 is 11.3 Å². The van der Waals surface area contributed by atoms with Crippen molar-refractivity contribution in [2.45, 2.75) is 32.2 Å². The molecule has 0 aliphatic carbocycles. The van der Waals surface area contributed by atoms with Crippen molar-refractivity contribution in [2.24, 2.45) is 0 Å². The molecule has 1 fully saturated rings. The summed E-state index contributed by atoms with van der Waals surface area (Å²) in [6.07, 6.45) is -0.868. The van der Waals surface area contributed by atoms with Gasteiger partial charge in [0.05, 0.1) is 12.6 Å². The number of halogens is 3. The number of alkyl halides is 3. The van der Waals surface area contributed by atoms with E-state index in [1.165, 1.54) is 11.3 Å². The van der Waals surface area contributed by atoms with Crippen LogP contribution in [0.2, 0.25) is 0 Å². The monoisotopic (exact) mass is 507 g/mol. The number of nitrogens with one attached hydrogen (secondary N) is 2. The van der Waals surface area contributed by atoms with E-state index in [0.717, 1.165) is 34.4 Å². The van der Waals surface area contributed by atoms with Gasteiger partial charge in [-0.2, -0.15) is 13.2 Å². The zero-order valence-electron chi connectivity index (χ0n) is 19.1. The van der Waals surface area contributed by atoms with Gasteiger partial charge in [-0.25, -0.2) is 15.0 Å². The second kappa shape index (κ2) is 10.7. The molecule has 0 spiro atoms. The Bertz CT molecular complexity index is 1160. The number of nitrogens with zero attached hydrogens (tertiary/aromatic N) is 3. The number of hydrogen-bond donors (Lipinski definition) is 2. The van der Waals surface area contributed by atoms with E-state index in [4.69, 9.17) is 9.47 Å². The molecule has 2 N–H and O–H groups in total. The molecular weight excluding hydrogens is 483 g/mol. The molecule has 2 aromatic heterocycles. The van der Waals surface area contributed by atoms with Crippen LogP contribution < -0.4 is 15.4 Å². The lowest BCUT2D eigenvalue weighted by molar-refractivity contribution is -0.145. The fourth-order valence-electron chi connectivity index (χ4n) is 3.41. The molecule has 1 amide bonds. The van der Waals surface area contributed by atoms with Crippen LogP contribution in [0.3, 0.4) is 0 Å². The van der Waals surface area contributed by atoms with Gasteiger partial charge >= 0.3 is 6.18 Å². The highest BCUT2D eigenvalue weighted by molar-refractivity contribution is 7.14. The number of aromatic nitrogens is 3. The summed E-state index contributed by atoms with van der Waals surface area (Å²) in [4.78, 5) is 25.2. The van der Waals surface area contributed by atoms with Crippen molar-refractivity contribution >= 4 is 17.2 Å². The summed E-state index contributed by atoms with van der Waals surface area (Å²) >= 11 is 1.49. The first-order valence-electron chi connectivity index (χ1n) is 10.9. The average Bonchev–Trinajstić information content (AvgIpc) is 3.29. The molecule has 0 saturated carbocycles. The minimum atomic E-state index is -4.63. The highest BCUT2D eigenvalue weighted by Crippen LogP contribution is 2.30. The molecule has 3 aromatic rings. The smallest absolute Gasteiger partial charge is 0.451 e. The Balaban J connectivity index is 1.52. The topological polar surface area (TPSA) is 98.3 Å². The number of carbonyl (C=O) groups is 1. The maximum atomic E-state index is 13.1. The zero-order valence-corrected chi connectivity index (χ0v) is 19.9. The third-order valence-electron chi connectivity index (χ3n) is 5.25. The van der Waals surface area contributed by atoms with Gasteiger partial charge in [0.1, 0.15) is 23.5 Å². The van der Waals surface area contributed by atoms with Crippen LogP contribution in [0.15, 0.2) is 36.8 Å². The van der Waals surface area contributed by atoms with Gasteiger partial charge in [-0.3, -0.25) is 4.79 Å². The van der Waals surface area contributed by atoms with E-state index < -0.39 is 23.9 Å². The SMILES string of the molecule is Cc1cnc(-c2cc(OC[C@@H]3CNCCO3)cc(C(=O)NC(C)c3cnc(C(F)(F)F)nc3)c2)s1. The number of hydrogen-bond acceptors (Lipinski definition) is 8. The fourth-order valence-corrected chi connectivity index (χ4v) is 4.16.